The molecule has 0 radical (unpaired) electrons. The molecule has 7 nitrogen and oxygen atoms in total. The number of likely N-dealkylation sites (N-methyl/N-ethyl adjacent to an activating group) is 1. The van der Waals surface area contributed by atoms with Crippen LogP contribution in [0.2, 0.25) is 0 Å². The summed E-state index contributed by atoms with van der Waals surface area (Å²) < 4.78 is 0. The van der Waals surface area contributed by atoms with Gasteiger partial charge in [0.2, 0.25) is 5.91 Å². The van der Waals surface area contributed by atoms with Crippen LogP contribution in [0.3, 0.4) is 0 Å². The van der Waals surface area contributed by atoms with Crippen LogP contribution in [-0.2, 0) is 4.79 Å². The van der Waals surface area contributed by atoms with Crippen LogP contribution in [0.25, 0.3) is 0 Å². The van der Waals surface area contributed by atoms with Gasteiger partial charge in [-0.3, -0.25) is 4.79 Å². The lowest BCUT2D eigenvalue weighted by Gasteiger charge is -2.32. The van der Waals surface area contributed by atoms with Crippen LogP contribution in [0.4, 0.5) is 11.6 Å². The first-order chi connectivity index (χ1) is 10.1. The molecule has 1 aliphatic heterocycles. The van der Waals surface area contributed by atoms with Crippen molar-refractivity contribution >= 4 is 17.5 Å². The highest BCUT2D eigenvalue weighted by atomic mass is 16.3. The van der Waals surface area contributed by atoms with Gasteiger partial charge in [0.05, 0.1) is 6.54 Å². The molecule has 0 aliphatic carbocycles. The molecule has 2 heterocycles. The molecule has 2 rings (SSSR count). The molecule has 116 valence electrons. The Kier molecular flexibility index (Phi) is 5.32. The van der Waals surface area contributed by atoms with Crippen molar-refractivity contribution in [2.45, 2.75) is 25.8 Å². The number of nitrogens with one attached hydrogen (secondary N) is 1. The van der Waals surface area contributed by atoms with E-state index in [4.69, 9.17) is 5.11 Å². The van der Waals surface area contributed by atoms with Crippen molar-refractivity contribution in [3.05, 3.63) is 12.4 Å². The minimum Gasteiger partial charge on any atom is -0.396 e. The Balaban J connectivity index is 1.99. The summed E-state index contributed by atoms with van der Waals surface area (Å²) in [5, 5.41) is 12.1. The normalized spacial score (nSPS) is 17.0. The summed E-state index contributed by atoms with van der Waals surface area (Å²) >= 11 is 0. The quantitative estimate of drug-likeness (QED) is 0.786. The number of anilines is 2. The molecule has 0 spiro atoms. The minimum absolute atomic E-state index is 0.102. The highest BCUT2D eigenvalue weighted by molar-refractivity contribution is 5.82. The first-order valence-corrected chi connectivity index (χ1v) is 7.28. The van der Waals surface area contributed by atoms with Crippen LogP contribution in [0.1, 0.15) is 19.8 Å². The summed E-state index contributed by atoms with van der Waals surface area (Å²) in [6.07, 6.45) is 3.15. The predicted molar refractivity (Wildman–Crippen MR) is 81.3 cm³/mol. The van der Waals surface area contributed by atoms with Gasteiger partial charge in [-0.15, -0.1) is 0 Å². The monoisotopic (exact) mass is 293 g/mol. The fourth-order valence-corrected chi connectivity index (χ4v) is 2.28. The summed E-state index contributed by atoms with van der Waals surface area (Å²) in [6, 6.07) is 2.10. The van der Waals surface area contributed by atoms with Gasteiger partial charge in [0.1, 0.15) is 18.0 Å². The lowest BCUT2D eigenvalue weighted by atomic mass is 10.2. The van der Waals surface area contributed by atoms with Crippen molar-refractivity contribution in [2.24, 2.45) is 0 Å². The number of carbonyl (C=O) groups is 1. The van der Waals surface area contributed by atoms with Gasteiger partial charge in [-0.25, -0.2) is 9.97 Å². The predicted octanol–water partition coefficient (Wildman–Crippen LogP) is 0.328. The number of aliphatic hydroxyl groups is 1. The molecular formula is C14H23N5O2. The largest absolute Gasteiger partial charge is 0.396 e. The van der Waals surface area contributed by atoms with E-state index in [1.54, 1.807) is 4.90 Å². The molecule has 7 heteroatoms. The van der Waals surface area contributed by atoms with E-state index in [1.165, 1.54) is 6.33 Å². The van der Waals surface area contributed by atoms with Crippen molar-refractivity contribution in [1.82, 2.24) is 14.9 Å². The first-order valence-electron chi connectivity index (χ1n) is 7.28. The summed E-state index contributed by atoms with van der Waals surface area (Å²) in [4.78, 5) is 23.9. The zero-order chi connectivity index (χ0) is 15.2. The Morgan fingerprint density at radius 1 is 1.43 bits per heavy atom. The molecule has 1 aliphatic rings. The number of aromatic nitrogens is 2. The smallest absolute Gasteiger partial charge is 0.241 e. The number of hydrogen-bond acceptors (Lipinski definition) is 6. The van der Waals surface area contributed by atoms with Crippen LogP contribution >= 0.6 is 0 Å². The van der Waals surface area contributed by atoms with Gasteiger partial charge in [-0.1, -0.05) is 0 Å². The second kappa shape index (κ2) is 7.21. The van der Waals surface area contributed by atoms with Crippen LogP contribution in [0.15, 0.2) is 12.4 Å². The van der Waals surface area contributed by atoms with Crippen LogP contribution in [-0.4, -0.2) is 65.2 Å². The van der Waals surface area contributed by atoms with Gasteiger partial charge >= 0.3 is 0 Å². The van der Waals surface area contributed by atoms with E-state index in [2.05, 4.69) is 22.2 Å². The second-order valence-corrected chi connectivity index (χ2v) is 5.41. The standard InChI is InChI=1S/C14H23N5O2/c1-11(4-3-7-20)17-12-8-13(16-10-15-12)19-6-5-18(2)14(21)9-19/h8,10-11,20H,3-7,9H2,1-2H3,(H,15,16,17). The molecular weight excluding hydrogens is 270 g/mol. The molecule has 1 unspecified atom stereocenters. The number of carbonyl (C=O) groups excluding carboxylic acids is 1. The molecule has 1 amide bonds. The number of hydrogen-bond donors (Lipinski definition) is 2. The van der Waals surface area contributed by atoms with E-state index in [-0.39, 0.29) is 18.6 Å². The Morgan fingerprint density at radius 3 is 2.95 bits per heavy atom. The summed E-state index contributed by atoms with van der Waals surface area (Å²) in [6.45, 7) is 4.09. The number of nitrogens with zero attached hydrogens (tertiary/aromatic N) is 4. The lowest BCUT2D eigenvalue weighted by Crippen LogP contribution is -2.48. The van der Waals surface area contributed by atoms with Gasteiger partial charge < -0.3 is 20.2 Å². The van der Waals surface area contributed by atoms with E-state index in [1.807, 2.05) is 18.0 Å². The van der Waals surface area contributed by atoms with Gasteiger partial charge in [-0.05, 0) is 19.8 Å². The zero-order valence-corrected chi connectivity index (χ0v) is 12.6. The molecule has 1 fully saturated rings. The molecule has 1 aromatic rings. The number of amides is 1. The highest BCUT2D eigenvalue weighted by Crippen LogP contribution is 2.17. The fourth-order valence-electron chi connectivity index (χ4n) is 2.28. The van der Waals surface area contributed by atoms with Crippen molar-refractivity contribution in [3.8, 4) is 0 Å². The number of rotatable bonds is 6. The Labute approximate surface area is 125 Å². The lowest BCUT2D eigenvalue weighted by molar-refractivity contribution is -0.129. The SMILES string of the molecule is CC(CCCO)Nc1cc(N2CCN(C)C(=O)C2)ncn1. The third-order valence-corrected chi connectivity index (χ3v) is 3.62. The van der Waals surface area contributed by atoms with Crippen molar-refractivity contribution in [1.29, 1.82) is 0 Å². The van der Waals surface area contributed by atoms with Gasteiger partial charge in [0, 0.05) is 38.9 Å². The van der Waals surface area contributed by atoms with Gasteiger partial charge in [-0.2, -0.15) is 0 Å². The average molecular weight is 293 g/mol. The maximum atomic E-state index is 11.8. The number of aliphatic hydroxyl groups excluding tert-OH is 1. The van der Waals surface area contributed by atoms with E-state index < -0.39 is 0 Å². The van der Waals surface area contributed by atoms with Crippen molar-refractivity contribution in [2.75, 3.05) is 43.5 Å². The summed E-state index contributed by atoms with van der Waals surface area (Å²) in [5.74, 6) is 1.62. The van der Waals surface area contributed by atoms with Crippen LogP contribution in [0, 0.1) is 0 Å². The molecule has 1 aromatic heterocycles. The van der Waals surface area contributed by atoms with Crippen molar-refractivity contribution < 1.29 is 9.90 Å². The molecule has 1 saturated heterocycles. The molecule has 0 aromatic carbocycles. The van der Waals surface area contributed by atoms with E-state index in [0.717, 1.165) is 31.0 Å². The Morgan fingerprint density at radius 2 is 2.24 bits per heavy atom. The summed E-state index contributed by atoms with van der Waals surface area (Å²) in [7, 11) is 1.81. The van der Waals surface area contributed by atoms with Crippen molar-refractivity contribution in [3.63, 3.8) is 0 Å². The maximum absolute atomic E-state index is 11.8. The van der Waals surface area contributed by atoms with Crippen LogP contribution in [0.5, 0.6) is 0 Å². The maximum Gasteiger partial charge on any atom is 0.241 e. The zero-order valence-electron chi connectivity index (χ0n) is 12.6. The third kappa shape index (κ3) is 4.29. The second-order valence-electron chi connectivity index (χ2n) is 5.41. The van der Waals surface area contributed by atoms with E-state index in [0.29, 0.717) is 13.1 Å². The van der Waals surface area contributed by atoms with E-state index in [9.17, 15) is 4.79 Å². The molecule has 1 atom stereocenters. The average Bonchev–Trinajstić information content (AvgIpc) is 2.48. The third-order valence-electron chi connectivity index (χ3n) is 3.62. The Hall–Kier alpha value is -1.89. The van der Waals surface area contributed by atoms with Gasteiger partial charge in [0.15, 0.2) is 0 Å². The topological polar surface area (TPSA) is 81.6 Å². The summed E-state index contributed by atoms with van der Waals surface area (Å²) in [5.41, 5.74) is 0. The fraction of sp³-hybridized carbons (Fsp3) is 0.643. The molecule has 21 heavy (non-hydrogen) atoms. The highest BCUT2D eigenvalue weighted by Gasteiger charge is 2.22. The van der Waals surface area contributed by atoms with E-state index >= 15 is 0 Å². The number of piperazine rings is 1. The Bertz CT molecular complexity index is 482. The van der Waals surface area contributed by atoms with Crippen LogP contribution < -0.4 is 10.2 Å². The minimum atomic E-state index is 0.102. The van der Waals surface area contributed by atoms with Gasteiger partial charge in [0.25, 0.3) is 0 Å². The molecule has 0 bridgehead atoms. The molecule has 0 saturated carbocycles. The first kappa shape index (κ1) is 15.5. The molecule has 2 N–H and O–H groups in total.